The summed E-state index contributed by atoms with van der Waals surface area (Å²) in [4.78, 5) is 0. The first-order chi connectivity index (χ1) is 6.45. The van der Waals surface area contributed by atoms with Crippen LogP contribution in [0, 0.1) is 0 Å². The molecule has 86 valence electrons. The zero-order chi connectivity index (χ0) is 11.0. The van der Waals surface area contributed by atoms with Gasteiger partial charge in [-0.25, -0.2) is 0 Å². The summed E-state index contributed by atoms with van der Waals surface area (Å²) in [5.74, 6) is 0.322. The summed E-state index contributed by atoms with van der Waals surface area (Å²) in [6.45, 7) is 4.67. The second-order valence-electron chi connectivity index (χ2n) is 4.10. The van der Waals surface area contributed by atoms with Gasteiger partial charge in [0.2, 0.25) is 0 Å². The van der Waals surface area contributed by atoms with Crippen LogP contribution >= 0.6 is 0 Å². The molecule has 1 aromatic carbocycles. The number of likely N-dealkylation sites (N-methyl/N-ethyl adjacent to an activating group) is 1. The SMILES string of the molecule is C=CC[N+](C)(C)C.Oc1ccccc1.[Br-]. The summed E-state index contributed by atoms with van der Waals surface area (Å²) >= 11 is 0. The molecule has 1 rings (SSSR count). The van der Waals surface area contributed by atoms with Crippen LogP contribution in [0.3, 0.4) is 0 Å². The van der Waals surface area contributed by atoms with E-state index < -0.39 is 0 Å². The van der Waals surface area contributed by atoms with E-state index in [4.69, 9.17) is 5.11 Å². The third kappa shape index (κ3) is 13.2. The average Bonchev–Trinajstić information content (AvgIpc) is 2.04. The number of rotatable bonds is 2. The van der Waals surface area contributed by atoms with Gasteiger partial charge in [-0.15, -0.1) is 0 Å². The number of hydrogen-bond acceptors (Lipinski definition) is 1. The van der Waals surface area contributed by atoms with Crippen molar-refractivity contribution >= 4 is 0 Å². The lowest BCUT2D eigenvalue weighted by atomic mass is 10.3. The predicted molar refractivity (Wildman–Crippen MR) is 61.2 cm³/mol. The van der Waals surface area contributed by atoms with Gasteiger partial charge in [-0.2, -0.15) is 0 Å². The van der Waals surface area contributed by atoms with Crippen LogP contribution in [-0.2, 0) is 0 Å². The molecule has 0 spiro atoms. The summed E-state index contributed by atoms with van der Waals surface area (Å²) < 4.78 is 0.976. The lowest BCUT2D eigenvalue weighted by Crippen LogP contribution is -3.00. The van der Waals surface area contributed by atoms with Crippen LogP contribution in [0.5, 0.6) is 5.75 Å². The molecular weight excluding hydrogens is 254 g/mol. The summed E-state index contributed by atoms with van der Waals surface area (Å²) in [5.41, 5.74) is 0. The Labute approximate surface area is 103 Å². The molecule has 3 heteroatoms. The molecule has 0 bridgehead atoms. The number of benzene rings is 1. The Morgan fingerprint density at radius 2 is 1.67 bits per heavy atom. The van der Waals surface area contributed by atoms with Gasteiger partial charge in [0.1, 0.15) is 5.75 Å². The molecule has 1 aromatic rings. The molecule has 0 atom stereocenters. The van der Waals surface area contributed by atoms with E-state index in [-0.39, 0.29) is 17.0 Å². The first-order valence-electron chi connectivity index (χ1n) is 4.61. The Bertz CT molecular complexity index is 254. The van der Waals surface area contributed by atoms with E-state index in [2.05, 4.69) is 27.7 Å². The Hall–Kier alpha value is -0.800. The molecule has 0 amide bonds. The topological polar surface area (TPSA) is 20.2 Å². The van der Waals surface area contributed by atoms with Crippen LogP contribution in [0.2, 0.25) is 0 Å². The number of aromatic hydroxyl groups is 1. The van der Waals surface area contributed by atoms with Gasteiger partial charge in [0.05, 0.1) is 27.7 Å². The molecule has 0 heterocycles. The van der Waals surface area contributed by atoms with Crippen molar-refractivity contribution < 1.29 is 26.6 Å². The molecule has 0 radical (unpaired) electrons. The number of para-hydroxylation sites is 1. The fourth-order valence-corrected chi connectivity index (χ4v) is 0.815. The number of halogens is 1. The zero-order valence-corrected chi connectivity index (χ0v) is 11.2. The van der Waals surface area contributed by atoms with Crippen LogP contribution in [0.4, 0.5) is 0 Å². The molecule has 0 aliphatic rings. The maximum Gasteiger partial charge on any atom is 0.115 e. The number of quaternary nitrogens is 1. The quantitative estimate of drug-likeness (QED) is 0.557. The predicted octanol–water partition coefficient (Wildman–Crippen LogP) is -0.725. The third-order valence-electron chi connectivity index (χ3n) is 1.43. The second-order valence-corrected chi connectivity index (χ2v) is 4.10. The molecule has 0 aromatic heterocycles. The molecule has 0 fully saturated rings. The average molecular weight is 274 g/mol. The van der Waals surface area contributed by atoms with E-state index in [1.165, 1.54) is 0 Å². The van der Waals surface area contributed by atoms with Crippen molar-refractivity contribution in [2.24, 2.45) is 0 Å². The summed E-state index contributed by atoms with van der Waals surface area (Å²) in [7, 11) is 6.42. The Morgan fingerprint density at radius 1 is 1.20 bits per heavy atom. The Kier molecular flexibility index (Phi) is 9.42. The van der Waals surface area contributed by atoms with Crippen molar-refractivity contribution in [2.75, 3.05) is 27.7 Å². The molecule has 0 saturated carbocycles. The van der Waals surface area contributed by atoms with Crippen LogP contribution < -0.4 is 17.0 Å². The van der Waals surface area contributed by atoms with Crippen LogP contribution in [-0.4, -0.2) is 37.3 Å². The maximum absolute atomic E-state index is 8.63. The minimum Gasteiger partial charge on any atom is -1.00 e. The minimum atomic E-state index is 0. The van der Waals surface area contributed by atoms with Gasteiger partial charge in [-0.1, -0.05) is 24.8 Å². The van der Waals surface area contributed by atoms with E-state index in [0.29, 0.717) is 5.75 Å². The normalized spacial score (nSPS) is 9.27. The van der Waals surface area contributed by atoms with Crippen molar-refractivity contribution in [3.8, 4) is 5.75 Å². The maximum atomic E-state index is 8.63. The standard InChI is InChI=1S/C6H14N.C6H6O.BrH/c1-5-6-7(2,3)4;7-6-4-2-1-3-5-6;/h5H,1,6H2,2-4H3;1-5,7H;1H/q+1;;/p-1. The lowest BCUT2D eigenvalue weighted by Gasteiger charge is -2.21. The molecular formula is C12H20BrNO. The van der Waals surface area contributed by atoms with E-state index in [0.717, 1.165) is 11.0 Å². The lowest BCUT2D eigenvalue weighted by molar-refractivity contribution is -0.864. The van der Waals surface area contributed by atoms with Crippen molar-refractivity contribution in [3.63, 3.8) is 0 Å². The number of nitrogens with zero attached hydrogens (tertiary/aromatic N) is 1. The minimum absolute atomic E-state index is 0. The van der Waals surface area contributed by atoms with Crippen molar-refractivity contribution in [1.82, 2.24) is 0 Å². The van der Waals surface area contributed by atoms with Gasteiger partial charge in [-0.3, -0.25) is 0 Å². The largest absolute Gasteiger partial charge is 1.00 e. The van der Waals surface area contributed by atoms with Crippen LogP contribution in [0.25, 0.3) is 0 Å². The zero-order valence-electron chi connectivity index (χ0n) is 9.65. The van der Waals surface area contributed by atoms with E-state index in [1.807, 2.05) is 12.1 Å². The second kappa shape index (κ2) is 8.50. The molecule has 15 heavy (non-hydrogen) atoms. The molecule has 0 aliphatic carbocycles. The Balaban J connectivity index is 0. The van der Waals surface area contributed by atoms with E-state index in [1.54, 1.807) is 24.3 Å². The van der Waals surface area contributed by atoms with Gasteiger partial charge in [-0.05, 0) is 18.2 Å². The van der Waals surface area contributed by atoms with Crippen LogP contribution in [0.1, 0.15) is 0 Å². The monoisotopic (exact) mass is 273 g/mol. The van der Waals surface area contributed by atoms with Crippen molar-refractivity contribution in [2.45, 2.75) is 0 Å². The summed E-state index contributed by atoms with van der Waals surface area (Å²) in [5, 5.41) is 8.63. The van der Waals surface area contributed by atoms with Crippen molar-refractivity contribution in [3.05, 3.63) is 43.0 Å². The highest BCUT2D eigenvalue weighted by Gasteiger charge is 1.99. The molecule has 1 N–H and O–H groups in total. The number of hydrogen-bond donors (Lipinski definition) is 1. The number of phenols is 1. The van der Waals surface area contributed by atoms with Crippen LogP contribution in [0.15, 0.2) is 43.0 Å². The first kappa shape index (κ1) is 16.6. The fraction of sp³-hybridized carbons (Fsp3) is 0.333. The third-order valence-corrected chi connectivity index (χ3v) is 1.43. The van der Waals surface area contributed by atoms with Gasteiger partial charge in [0, 0.05) is 0 Å². The smallest absolute Gasteiger partial charge is 0.115 e. The van der Waals surface area contributed by atoms with Gasteiger partial charge in [0.15, 0.2) is 0 Å². The Morgan fingerprint density at radius 3 is 1.80 bits per heavy atom. The first-order valence-corrected chi connectivity index (χ1v) is 4.61. The van der Waals surface area contributed by atoms with Crippen molar-refractivity contribution in [1.29, 1.82) is 0 Å². The summed E-state index contributed by atoms with van der Waals surface area (Å²) in [6.07, 6.45) is 1.93. The van der Waals surface area contributed by atoms with E-state index in [9.17, 15) is 0 Å². The van der Waals surface area contributed by atoms with Gasteiger partial charge >= 0.3 is 0 Å². The highest BCUT2D eigenvalue weighted by atomic mass is 79.9. The molecule has 0 aliphatic heterocycles. The van der Waals surface area contributed by atoms with Gasteiger partial charge in [0.25, 0.3) is 0 Å². The molecule has 2 nitrogen and oxygen atoms in total. The highest BCUT2D eigenvalue weighted by molar-refractivity contribution is 5.18. The molecule has 0 saturated heterocycles. The van der Waals surface area contributed by atoms with Gasteiger partial charge < -0.3 is 26.6 Å². The van der Waals surface area contributed by atoms with E-state index >= 15 is 0 Å². The number of phenolic OH excluding ortho intramolecular Hbond substituents is 1. The molecule has 0 unspecified atom stereocenters. The highest BCUT2D eigenvalue weighted by Crippen LogP contribution is 2.02. The summed E-state index contributed by atoms with van der Waals surface area (Å²) in [6, 6.07) is 8.71. The fourth-order valence-electron chi connectivity index (χ4n) is 0.815.